The maximum absolute atomic E-state index is 6.67. The first-order valence-corrected chi connectivity index (χ1v) is 7.93. The normalized spacial score (nSPS) is 18.1. The number of nitrogens with zero attached hydrogens (tertiary/aromatic N) is 2. The molecule has 3 heteroatoms. The van der Waals surface area contributed by atoms with Crippen molar-refractivity contribution in [2.24, 2.45) is 12.8 Å². The van der Waals surface area contributed by atoms with Gasteiger partial charge < -0.3 is 10.3 Å². The quantitative estimate of drug-likeness (QED) is 0.799. The van der Waals surface area contributed by atoms with Crippen molar-refractivity contribution >= 4 is 10.8 Å². The van der Waals surface area contributed by atoms with Gasteiger partial charge in [0.25, 0.3) is 0 Å². The van der Waals surface area contributed by atoms with Gasteiger partial charge in [-0.3, -0.25) is 0 Å². The largest absolute Gasteiger partial charge is 0.337 e. The third-order valence-corrected chi connectivity index (χ3v) is 5.30. The summed E-state index contributed by atoms with van der Waals surface area (Å²) in [6, 6.07) is 15.3. The van der Waals surface area contributed by atoms with Crippen LogP contribution < -0.4 is 5.73 Å². The van der Waals surface area contributed by atoms with Crippen LogP contribution in [0.4, 0.5) is 0 Å². The molecule has 1 unspecified atom stereocenters. The van der Waals surface area contributed by atoms with E-state index in [4.69, 9.17) is 5.73 Å². The molecule has 1 fully saturated rings. The fourth-order valence-corrected chi connectivity index (χ4v) is 3.76. The molecule has 1 aromatic heterocycles. The Kier molecular flexibility index (Phi) is 3.05. The molecule has 0 radical (unpaired) electrons. The first-order chi connectivity index (χ1) is 10.7. The predicted molar refractivity (Wildman–Crippen MR) is 89.6 cm³/mol. The summed E-state index contributed by atoms with van der Waals surface area (Å²) in [6.07, 6.45) is 7.33. The van der Waals surface area contributed by atoms with Crippen molar-refractivity contribution in [2.45, 2.75) is 30.7 Å². The number of nitrogens with two attached hydrogens (primary N) is 1. The van der Waals surface area contributed by atoms with Crippen molar-refractivity contribution in [2.75, 3.05) is 0 Å². The molecule has 0 saturated heterocycles. The minimum atomic E-state index is -0.0533. The van der Waals surface area contributed by atoms with Crippen molar-refractivity contribution in [3.63, 3.8) is 0 Å². The zero-order valence-corrected chi connectivity index (χ0v) is 12.9. The topological polar surface area (TPSA) is 43.8 Å². The highest BCUT2D eigenvalue weighted by Crippen LogP contribution is 2.51. The number of benzene rings is 2. The molecule has 3 aromatic rings. The maximum Gasteiger partial charge on any atom is 0.126 e. The van der Waals surface area contributed by atoms with E-state index in [-0.39, 0.29) is 11.5 Å². The van der Waals surface area contributed by atoms with E-state index in [1.54, 1.807) is 0 Å². The van der Waals surface area contributed by atoms with E-state index in [9.17, 15) is 0 Å². The zero-order chi connectivity index (χ0) is 15.2. The lowest BCUT2D eigenvalue weighted by atomic mass is 9.60. The van der Waals surface area contributed by atoms with Gasteiger partial charge in [-0.2, -0.15) is 0 Å². The van der Waals surface area contributed by atoms with E-state index in [2.05, 4.69) is 47.4 Å². The fourth-order valence-electron chi connectivity index (χ4n) is 3.76. The second-order valence-corrected chi connectivity index (χ2v) is 6.45. The molecule has 112 valence electrons. The molecule has 1 aliphatic carbocycles. The molecular weight excluding hydrogens is 270 g/mol. The molecule has 1 aliphatic rings. The summed E-state index contributed by atoms with van der Waals surface area (Å²) in [5.41, 5.74) is 8.06. The lowest BCUT2D eigenvalue weighted by Gasteiger charge is -2.46. The van der Waals surface area contributed by atoms with Gasteiger partial charge >= 0.3 is 0 Å². The molecule has 0 amide bonds. The van der Waals surface area contributed by atoms with Gasteiger partial charge in [-0.15, -0.1) is 0 Å². The van der Waals surface area contributed by atoms with Crippen molar-refractivity contribution in [3.8, 4) is 0 Å². The second-order valence-electron chi connectivity index (χ2n) is 6.45. The van der Waals surface area contributed by atoms with Crippen molar-refractivity contribution in [1.29, 1.82) is 0 Å². The molecule has 2 N–H and O–H groups in total. The van der Waals surface area contributed by atoms with Crippen LogP contribution in [0.25, 0.3) is 10.8 Å². The monoisotopic (exact) mass is 291 g/mol. The summed E-state index contributed by atoms with van der Waals surface area (Å²) >= 11 is 0. The summed E-state index contributed by atoms with van der Waals surface area (Å²) in [4.78, 5) is 4.49. The van der Waals surface area contributed by atoms with E-state index in [0.29, 0.717) is 0 Å². The highest BCUT2D eigenvalue weighted by molar-refractivity contribution is 5.83. The van der Waals surface area contributed by atoms with Crippen LogP contribution in [0.1, 0.15) is 36.7 Å². The molecule has 22 heavy (non-hydrogen) atoms. The molecule has 1 atom stereocenters. The number of rotatable bonds is 3. The number of aromatic nitrogens is 2. The smallest absolute Gasteiger partial charge is 0.126 e. The lowest BCUT2D eigenvalue weighted by Crippen LogP contribution is -2.45. The van der Waals surface area contributed by atoms with Gasteiger partial charge in [-0.1, -0.05) is 48.9 Å². The molecule has 0 bridgehead atoms. The molecular formula is C19H21N3. The molecule has 1 heterocycles. The lowest BCUT2D eigenvalue weighted by molar-refractivity contribution is 0.189. The third-order valence-electron chi connectivity index (χ3n) is 5.30. The molecule has 4 rings (SSSR count). The Labute approximate surface area is 130 Å². The van der Waals surface area contributed by atoms with Crippen LogP contribution in [0, 0.1) is 0 Å². The Morgan fingerprint density at radius 1 is 1.14 bits per heavy atom. The Balaban J connectivity index is 1.81. The Morgan fingerprint density at radius 2 is 1.91 bits per heavy atom. The molecule has 3 nitrogen and oxygen atoms in total. The van der Waals surface area contributed by atoms with Crippen LogP contribution >= 0.6 is 0 Å². The number of aryl methyl sites for hydroxylation is 1. The van der Waals surface area contributed by atoms with Gasteiger partial charge in [0.05, 0.1) is 6.04 Å². The SMILES string of the molecule is Cn1ccnc1C(N)C1(c2ccc3ccccc3c2)CCC1. The molecule has 0 spiro atoms. The van der Waals surface area contributed by atoms with Crippen LogP contribution in [0.15, 0.2) is 54.9 Å². The van der Waals surface area contributed by atoms with Crippen LogP contribution in [-0.4, -0.2) is 9.55 Å². The zero-order valence-electron chi connectivity index (χ0n) is 12.9. The molecule has 2 aromatic carbocycles. The summed E-state index contributed by atoms with van der Waals surface area (Å²) in [6.45, 7) is 0. The average molecular weight is 291 g/mol. The minimum absolute atomic E-state index is 0.0309. The summed E-state index contributed by atoms with van der Waals surface area (Å²) in [5, 5.41) is 2.57. The second kappa shape index (κ2) is 4.96. The fraction of sp³-hybridized carbons (Fsp3) is 0.316. The minimum Gasteiger partial charge on any atom is -0.337 e. The van der Waals surface area contributed by atoms with Gasteiger partial charge in [0.1, 0.15) is 5.82 Å². The van der Waals surface area contributed by atoms with Crippen molar-refractivity contribution < 1.29 is 0 Å². The Bertz CT molecular complexity index is 814. The Hall–Kier alpha value is -2.13. The van der Waals surface area contributed by atoms with Gasteiger partial charge in [-0.25, -0.2) is 4.98 Å². The van der Waals surface area contributed by atoms with Crippen LogP contribution in [0.5, 0.6) is 0 Å². The number of fused-ring (bicyclic) bond motifs is 1. The van der Waals surface area contributed by atoms with Crippen LogP contribution in [0.3, 0.4) is 0 Å². The standard InChI is InChI=1S/C19H21N3/c1-22-12-11-21-18(22)17(20)19(9-4-10-19)16-8-7-14-5-2-3-6-15(14)13-16/h2-3,5-8,11-13,17H,4,9-10,20H2,1H3. The maximum atomic E-state index is 6.67. The Morgan fingerprint density at radius 3 is 2.55 bits per heavy atom. The number of hydrogen-bond donors (Lipinski definition) is 1. The molecule has 0 aliphatic heterocycles. The van der Waals surface area contributed by atoms with Crippen molar-refractivity contribution in [1.82, 2.24) is 9.55 Å². The first-order valence-electron chi connectivity index (χ1n) is 7.93. The number of imidazole rings is 1. The van der Waals surface area contributed by atoms with E-state index >= 15 is 0 Å². The van der Waals surface area contributed by atoms with Gasteiger partial charge in [0, 0.05) is 24.9 Å². The predicted octanol–water partition coefficient (Wildman–Crippen LogP) is 3.70. The highest BCUT2D eigenvalue weighted by Gasteiger charge is 2.45. The highest BCUT2D eigenvalue weighted by atomic mass is 15.1. The van der Waals surface area contributed by atoms with Gasteiger partial charge in [0.2, 0.25) is 0 Å². The third kappa shape index (κ3) is 1.89. The summed E-state index contributed by atoms with van der Waals surface area (Å²) in [7, 11) is 2.02. The first kappa shape index (κ1) is 13.5. The van der Waals surface area contributed by atoms with Crippen LogP contribution in [0.2, 0.25) is 0 Å². The summed E-state index contributed by atoms with van der Waals surface area (Å²) < 4.78 is 2.05. The molecule has 1 saturated carbocycles. The average Bonchev–Trinajstić information content (AvgIpc) is 2.92. The number of hydrogen-bond acceptors (Lipinski definition) is 2. The van der Waals surface area contributed by atoms with E-state index in [1.807, 2.05) is 24.0 Å². The summed E-state index contributed by atoms with van der Waals surface area (Å²) in [5.74, 6) is 0.979. The van der Waals surface area contributed by atoms with Crippen LogP contribution in [-0.2, 0) is 12.5 Å². The van der Waals surface area contributed by atoms with E-state index < -0.39 is 0 Å². The van der Waals surface area contributed by atoms with Gasteiger partial charge in [-0.05, 0) is 29.2 Å². The van der Waals surface area contributed by atoms with E-state index in [0.717, 1.165) is 18.7 Å². The van der Waals surface area contributed by atoms with Gasteiger partial charge in [0.15, 0.2) is 0 Å². The van der Waals surface area contributed by atoms with Crippen molar-refractivity contribution in [3.05, 3.63) is 66.2 Å². The van der Waals surface area contributed by atoms with E-state index in [1.165, 1.54) is 22.8 Å².